The normalized spacial score (nSPS) is 10.6. The number of thiophene rings is 4. The lowest BCUT2D eigenvalue weighted by molar-refractivity contribution is -0.0979. The first kappa shape index (κ1) is 20.8. The highest BCUT2D eigenvalue weighted by Crippen LogP contribution is 2.36. The molecule has 7 heteroatoms. The fourth-order valence-electron chi connectivity index (χ4n) is 3.14. The van der Waals surface area contributed by atoms with Crippen molar-refractivity contribution < 1.29 is 14.3 Å². The SMILES string of the molecule is C=O.COc1cc2cc3sccc3cc2s1.COc1cc2cc3sccc3cc2s1. The summed E-state index contributed by atoms with van der Waals surface area (Å²) < 4.78 is 15.7. The Morgan fingerprint density at radius 1 is 0.600 bits per heavy atom. The van der Waals surface area contributed by atoms with E-state index in [9.17, 15) is 0 Å². The minimum atomic E-state index is 0.984. The van der Waals surface area contributed by atoms with Crippen molar-refractivity contribution in [1.82, 2.24) is 0 Å². The Balaban J connectivity index is 0.000000134. The molecule has 30 heavy (non-hydrogen) atoms. The van der Waals surface area contributed by atoms with Crippen molar-refractivity contribution in [2.45, 2.75) is 0 Å². The van der Waals surface area contributed by atoms with Crippen LogP contribution in [0.25, 0.3) is 40.3 Å². The Kier molecular flexibility index (Phi) is 6.34. The lowest BCUT2D eigenvalue weighted by atomic mass is 10.2. The molecule has 0 spiro atoms. The van der Waals surface area contributed by atoms with Crippen LogP contribution in [-0.4, -0.2) is 21.0 Å². The van der Waals surface area contributed by atoms with Crippen LogP contribution in [0.1, 0.15) is 0 Å². The smallest absolute Gasteiger partial charge is 0.174 e. The van der Waals surface area contributed by atoms with Gasteiger partial charge in [-0.1, -0.05) is 22.7 Å². The van der Waals surface area contributed by atoms with E-state index in [2.05, 4.69) is 59.3 Å². The number of carbonyl (C=O) groups is 1. The summed E-state index contributed by atoms with van der Waals surface area (Å²) in [6, 6.07) is 17.4. The van der Waals surface area contributed by atoms with Gasteiger partial charge in [-0.3, -0.25) is 0 Å². The molecule has 0 bridgehead atoms. The lowest BCUT2D eigenvalue weighted by Gasteiger charge is -1.89. The molecule has 0 atom stereocenters. The van der Waals surface area contributed by atoms with Crippen LogP contribution < -0.4 is 9.47 Å². The zero-order chi connectivity index (χ0) is 21.1. The van der Waals surface area contributed by atoms with E-state index in [0.29, 0.717) is 0 Å². The van der Waals surface area contributed by atoms with Gasteiger partial charge in [0.15, 0.2) is 10.1 Å². The monoisotopic (exact) mass is 470 g/mol. The molecule has 0 unspecified atom stereocenters. The number of methoxy groups -OCH3 is 2. The van der Waals surface area contributed by atoms with E-state index in [0.717, 1.165) is 10.1 Å². The van der Waals surface area contributed by atoms with Gasteiger partial charge in [0.2, 0.25) is 0 Å². The summed E-state index contributed by atoms with van der Waals surface area (Å²) in [5, 5.41) is 11.4. The van der Waals surface area contributed by atoms with E-state index in [1.54, 1.807) is 59.6 Å². The molecule has 0 aliphatic carbocycles. The van der Waals surface area contributed by atoms with Crippen molar-refractivity contribution >= 4 is 92.5 Å². The molecule has 6 rings (SSSR count). The minimum Gasteiger partial charge on any atom is -0.487 e. The summed E-state index contributed by atoms with van der Waals surface area (Å²) in [5.41, 5.74) is 0. The lowest BCUT2D eigenvalue weighted by Crippen LogP contribution is -1.73. The number of hydrogen-bond donors (Lipinski definition) is 0. The van der Waals surface area contributed by atoms with Gasteiger partial charge in [0.1, 0.15) is 6.79 Å². The number of benzene rings is 2. The molecule has 2 aromatic carbocycles. The second-order valence-corrected chi connectivity index (χ2v) is 10.2. The minimum absolute atomic E-state index is 0.984. The number of hydrogen-bond acceptors (Lipinski definition) is 7. The highest BCUT2D eigenvalue weighted by atomic mass is 32.1. The number of ether oxygens (including phenoxy) is 2. The summed E-state index contributed by atoms with van der Waals surface area (Å²) in [5.74, 6) is 0. The predicted octanol–water partition coefficient (Wildman–Crippen LogP) is 8.06. The summed E-state index contributed by atoms with van der Waals surface area (Å²) >= 11 is 6.96. The van der Waals surface area contributed by atoms with Gasteiger partial charge in [0.25, 0.3) is 0 Å². The molecule has 0 saturated carbocycles. The Bertz CT molecular complexity index is 1220. The summed E-state index contributed by atoms with van der Waals surface area (Å²) in [7, 11) is 3.43. The third-order valence-corrected chi connectivity index (χ3v) is 8.42. The van der Waals surface area contributed by atoms with E-state index < -0.39 is 0 Å². The van der Waals surface area contributed by atoms with Gasteiger partial charge in [0.05, 0.1) is 14.2 Å². The first-order chi connectivity index (χ1) is 14.7. The van der Waals surface area contributed by atoms with E-state index in [1.165, 1.54) is 40.3 Å². The average Bonchev–Trinajstić information content (AvgIpc) is 3.56. The molecule has 0 N–H and O–H groups in total. The van der Waals surface area contributed by atoms with Gasteiger partial charge in [-0.2, -0.15) is 0 Å². The number of rotatable bonds is 2. The van der Waals surface area contributed by atoms with Crippen molar-refractivity contribution in [1.29, 1.82) is 0 Å². The van der Waals surface area contributed by atoms with Gasteiger partial charge >= 0.3 is 0 Å². The molecule has 4 aromatic heterocycles. The van der Waals surface area contributed by atoms with Crippen molar-refractivity contribution in [2.75, 3.05) is 14.2 Å². The molecule has 4 heterocycles. The number of fused-ring (bicyclic) bond motifs is 4. The summed E-state index contributed by atoms with van der Waals surface area (Å²) in [6.07, 6.45) is 0. The van der Waals surface area contributed by atoms with Gasteiger partial charge in [-0.05, 0) is 80.8 Å². The van der Waals surface area contributed by atoms with Crippen molar-refractivity contribution in [3.63, 3.8) is 0 Å². The molecular formula is C23H18O3S4. The molecule has 0 amide bonds. The second-order valence-electron chi connectivity index (χ2n) is 6.24. The van der Waals surface area contributed by atoms with Crippen molar-refractivity contribution in [2.24, 2.45) is 0 Å². The van der Waals surface area contributed by atoms with Crippen molar-refractivity contribution in [3.8, 4) is 10.1 Å². The summed E-state index contributed by atoms with van der Waals surface area (Å²) in [4.78, 5) is 8.00. The third kappa shape index (κ3) is 4.06. The van der Waals surface area contributed by atoms with E-state index in [1.807, 2.05) is 6.79 Å². The molecular weight excluding hydrogens is 453 g/mol. The molecule has 0 aliphatic heterocycles. The molecule has 0 saturated heterocycles. The highest BCUT2D eigenvalue weighted by molar-refractivity contribution is 7.22. The van der Waals surface area contributed by atoms with Crippen molar-refractivity contribution in [3.05, 3.63) is 59.3 Å². The second kappa shape index (κ2) is 9.14. The van der Waals surface area contributed by atoms with Crippen LogP contribution in [-0.2, 0) is 4.79 Å². The molecule has 0 fully saturated rings. The van der Waals surface area contributed by atoms with Crippen LogP contribution in [0.3, 0.4) is 0 Å². The average molecular weight is 471 g/mol. The standard InChI is InChI=1S/2C11H8OS2.CH2O/c2*1-12-11-6-8-5-9-7(2-3-13-9)4-10(8)14-11;1-2/h2*2-6H,1H3;1H2. The first-order valence-electron chi connectivity index (χ1n) is 8.92. The Morgan fingerprint density at radius 3 is 1.40 bits per heavy atom. The first-order valence-corrected chi connectivity index (χ1v) is 12.3. The van der Waals surface area contributed by atoms with Crippen LogP contribution >= 0.6 is 45.3 Å². The zero-order valence-electron chi connectivity index (χ0n) is 16.3. The van der Waals surface area contributed by atoms with Crippen LogP contribution in [0.4, 0.5) is 0 Å². The molecule has 0 radical (unpaired) electrons. The van der Waals surface area contributed by atoms with Gasteiger partial charge in [-0.25, -0.2) is 0 Å². The highest BCUT2D eigenvalue weighted by Gasteiger charge is 2.05. The third-order valence-electron chi connectivity index (χ3n) is 4.54. The predicted molar refractivity (Wildman–Crippen MR) is 135 cm³/mol. The number of carbonyl (C=O) groups excluding carboxylic acids is 1. The largest absolute Gasteiger partial charge is 0.487 e. The maximum Gasteiger partial charge on any atom is 0.174 e. The van der Waals surface area contributed by atoms with E-state index in [-0.39, 0.29) is 0 Å². The zero-order valence-corrected chi connectivity index (χ0v) is 19.6. The Hall–Kier alpha value is -2.45. The van der Waals surface area contributed by atoms with Gasteiger partial charge < -0.3 is 14.3 Å². The van der Waals surface area contributed by atoms with Gasteiger partial charge in [0, 0.05) is 18.8 Å². The van der Waals surface area contributed by atoms with Crippen LogP contribution in [0.15, 0.2) is 59.3 Å². The fraction of sp³-hybridized carbons (Fsp3) is 0.0870. The van der Waals surface area contributed by atoms with E-state index in [4.69, 9.17) is 14.3 Å². The Morgan fingerprint density at radius 2 is 1.00 bits per heavy atom. The quantitative estimate of drug-likeness (QED) is 0.257. The molecule has 152 valence electrons. The van der Waals surface area contributed by atoms with E-state index >= 15 is 0 Å². The van der Waals surface area contributed by atoms with Crippen LogP contribution in [0, 0.1) is 0 Å². The fourth-order valence-corrected chi connectivity index (χ4v) is 6.60. The maximum absolute atomic E-state index is 8.00. The van der Waals surface area contributed by atoms with Crippen LogP contribution in [0.5, 0.6) is 10.1 Å². The maximum atomic E-state index is 8.00. The molecule has 6 aromatic rings. The Labute approximate surface area is 189 Å². The molecule has 0 aliphatic rings. The summed E-state index contributed by atoms with van der Waals surface area (Å²) in [6.45, 7) is 2.00. The topological polar surface area (TPSA) is 35.5 Å². The molecule has 3 nitrogen and oxygen atoms in total. The van der Waals surface area contributed by atoms with Gasteiger partial charge in [-0.15, -0.1) is 22.7 Å². The van der Waals surface area contributed by atoms with Crippen LogP contribution in [0.2, 0.25) is 0 Å².